The van der Waals surface area contributed by atoms with E-state index in [1.807, 2.05) is 30.5 Å². The van der Waals surface area contributed by atoms with Crippen LogP contribution in [-0.2, 0) is 6.42 Å². The Labute approximate surface area is 147 Å². The fourth-order valence-corrected chi connectivity index (χ4v) is 4.40. The highest BCUT2D eigenvalue weighted by Crippen LogP contribution is 2.44. The molecule has 0 amide bonds. The molecule has 0 atom stereocenters. The number of benzene rings is 1. The van der Waals surface area contributed by atoms with Crippen molar-refractivity contribution < 1.29 is 4.79 Å². The van der Waals surface area contributed by atoms with Crippen LogP contribution in [0.2, 0.25) is 0 Å². The Bertz CT molecular complexity index is 822. The molecule has 3 aliphatic rings. The fourth-order valence-electron chi connectivity index (χ4n) is 4.40. The van der Waals surface area contributed by atoms with E-state index in [1.165, 1.54) is 5.56 Å². The van der Waals surface area contributed by atoms with E-state index in [2.05, 4.69) is 21.3 Å². The van der Waals surface area contributed by atoms with Crippen molar-refractivity contribution in [2.24, 2.45) is 5.41 Å². The van der Waals surface area contributed by atoms with Gasteiger partial charge < -0.3 is 10.2 Å². The summed E-state index contributed by atoms with van der Waals surface area (Å²) >= 11 is 0. The van der Waals surface area contributed by atoms with Crippen molar-refractivity contribution in [2.45, 2.75) is 25.2 Å². The number of rotatable bonds is 2. The summed E-state index contributed by atoms with van der Waals surface area (Å²) in [6, 6.07) is 10.1. The third-order valence-corrected chi connectivity index (χ3v) is 6.14. The lowest BCUT2D eigenvalue weighted by Crippen LogP contribution is -2.44. The smallest absolute Gasteiger partial charge is 0.225 e. The molecule has 25 heavy (non-hydrogen) atoms. The number of aromatic nitrogens is 2. The van der Waals surface area contributed by atoms with E-state index in [0.29, 0.717) is 11.7 Å². The number of hydrogen-bond donors (Lipinski definition) is 1. The lowest BCUT2D eigenvalue weighted by Gasteiger charge is -2.38. The monoisotopic (exact) mass is 334 g/mol. The molecule has 2 aliphatic heterocycles. The van der Waals surface area contributed by atoms with E-state index in [1.54, 1.807) is 0 Å². The molecule has 5 heteroatoms. The van der Waals surface area contributed by atoms with E-state index in [0.717, 1.165) is 62.6 Å². The van der Waals surface area contributed by atoms with Crippen LogP contribution in [0.15, 0.2) is 36.5 Å². The number of anilines is 1. The Morgan fingerprint density at radius 1 is 1.12 bits per heavy atom. The van der Waals surface area contributed by atoms with Gasteiger partial charge in [-0.15, -0.1) is 0 Å². The average Bonchev–Trinajstić information content (AvgIpc) is 2.87. The second-order valence-electron chi connectivity index (χ2n) is 7.57. The Morgan fingerprint density at radius 2 is 1.92 bits per heavy atom. The summed E-state index contributed by atoms with van der Waals surface area (Å²) < 4.78 is 0. The van der Waals surface area contributed by atoms with Crippen molar-refractivity contribution in [1.29, 1.82) is 0 Å². The molecule has 5 rings (SSSR count). The molecule has 1 spiro atoms. The third-order valence-electron chi connectivity index (χ3n) is 6.14. The first-order valence-electron chi connectivity index (χ1n) is 9.17. The minimum atomic E-state index is -0.199. The molecule has 128 valence electrons. The number of ketones is 1. The van der Waals surface area contributed by atoms with Gasteiger partial charge in [0.25, 0.3) is 0 Å². The summed E-state index contributed by atoms with van der Waals surface area (Å²) in [6.45, 7) is 3.72. The molecule has 1 aromatic carbocycles. The molecule has 0 saturated carbocycles. The van der Waals surface area contributed by atoms with Crippen molar-refractivity contribution in [3.05, 3.63) is 53.3 Å². The van der Waals surface area contributed by atoms with Gasteiger partial charge in [0.15, 0.2) is 5.78 Å². The van der Waals surface area contributed by atoms with Crippen molar-refractivity contribution >= 4 is 11.7 Å². The highest BCUT2D eigenvalue weighted by atomic mass is 16.1. The van der Waals surface area contributed by atoms with Crippen molar-refractivity contribution in [3.8, 4) is 0 Å². The lowest BCUT2D eigenvalue weighted by molar-refractivity contribution is 0.0774. The second-order valence-corrected chi connectivity index (χ2v) is 7.57. The largest absolute Gasteiger partial charge is 0.341 e. The molecular formula is C20H22N4O. The summed E-state index contributed by atoms with van der Waals surface area (Å²) in [5, 5.41) is 3.29. The maximum atomic E-state index is 12.9. The summed E-state index contributed by atoms with van der Waals surface area (Å²) in [5.74, 6) is 1.68. The summed E-state index contributed by atoms with van der Waals surface area (Å²) in [4.78, 5) is 24.5. The van der Waals surface area contributed by atoms with E-state index in [-0.39, 0.29) is 5.41 Å². The van der Waals surface area contributed by atoms with Gasteiger partial charge in [0, 0.05) is 49.3 Å². The van der Waals surface area contributed by atoms with Crippen LogP contribution in [-0.4, -0.2) is 41.9 Å². The summed E-state index contributed by atoms with van der Waals surface area (Å²) in [5.41, 5.74) is 3.09. The van der Waals surface area contributed by atoms with Crippen LogP contribution in [0.4, 0.5) is 5.95 Å². The van der Waals surface area contributed by atoms with Crippen molar-refractivity contribution in [3.63, 3.8) is 0 Å². The lowest BCUT2D eigenvalue weighted by atomic mass is 9.75. The van der Waals surface area contributed by atoms with Crippen LogP contribution in [0.25, 0.3) is 0 Å². The topological polar surface area (TPSA) is 58.1 Å². The van der Waals surface area contributed by atoms with Crippen LogP contribution in [0.5, 0.6) is 0 Å². The molecule has 5 nitrogen and oxygen atoms in total. The number of nitrogens with one attached hydrogen (secondary N) is 1. The van der Waals surface area contributed by atoms with Crippen LogP contribution >= 0.6 is 0 Å². The molecule has 2 fully saturated rings. The number of hydrogen-bond acceptors (Lipinski definition) is 5. The van der Waals surface area contributed by atoms with Gasteiger partial charge >= 0.3 is 0 Å². The Balaban J connectivity index is 1.33. The predicted molar refractivity (Wildman–Crippen MR) is 96.0 cm³/mol. The third kappa shape index (κ3) is 2.37. The molecule has 0 bridgehead atoms. The number of fused-ring (bicyclic) bond motifs is 1. The maximum absolute atomic E-state index is 12.9. The first-order valence-corrected chi connectivity index (χ1v) is 9.17. The minimum absolute atomic E-state index is 0.199. The Kier molecular flexibility index (Phi) is 3.38. The number of nitrogens with zero attached hydrogens (tertiary/aromatic N) is 3. The van der Waals surface area contributed by atoms with Gasteiger partial charge in [0.1, 0.15) is 0 Å². The summed E-state index contributed by atoms with van der Waals surface area (Å²) in [7, 11) is 0. The zero-order valence-electron chi connectivity index (χ0n) is 14.2. The maximum Gasteiger partial charge on any atom is 0.225 e. The van der Waals surface area contributed by atoms with E-state index < -0.39 is 0 Å². The normalized spacial score (nSPS) is 22.1. The second kappa shape index (κ2) is 5.63. The number of carbonyl (C=O) groups is 1. The fraction of sp³-hybridized carbons (Fsp3) is 0.450. The molecular weight excluding hydrogens is 312 g/mol. The standard InChI is InChI=1S/C20H22N4O/c25-18-16-4-2-1-3-14(16)11-20(18)6-9-24(10-7-20)19-22-8-5-17(23-19)15-12-21-13-15/h1-5,8,15,21H,6-7,9-13H2. The molecule has 2 saturated heterocycles. The molecule has 0 unspecified atom stereocenters. The number of carbonyl (C=O) groups excluding carboxylic acids is 1. The molecule has 2 aromatic rings. The van der Waals surface area contributed by atoms with Crippen LogP contribution in [0.3, 0.4) is 0 Å². The number of piperidine rings is 1. The van der Waals surface area contributed by atoms with Crippen LogP contribution < -0.4 is 10.2 Å². The Hall–Kier alpha value is -2.27. The zero-order valence-corrected chi connectivity index (χ0v) is 14.2. The van der Waals surface area contributed by atoms with Gasteiger partial charge in [-0.3, -0.25) is 4.79 Å². The average molecular weight is 334 g/mol. The highest BCUT2D eigenvalue weighted by molar-refractivity contribution is 6.05. The first kappa shape index (κ1) is 15.0. The van der Waals surface area contributed by atoms with Gasteiger partial charge in [-0.1, -0.05) is 24.3 Å². The van der Waals surface area contributed by atoms with E-state index in [9.17, 15) is 4.79 Å². The van der Waals surface area contributed by atoms with Gasteiger partial charge in [0.2, 0.25) is 5.95 Å². The first-order chi connectivity index (χ1) is 12.3. The van der Waals surface area contributed by atoms with E-state index in [4.69, 9.17) is 4.98 Å². The summed E-state index contributed by atoms with van der Waals surface area (Å²) in [6.07, 6.45) is 4.54. The molecule has 3 heterocycles. The SMILES string of the molecule is O=C1c2ccccc2CC12CCN(c1nccc(C3CNC3)n1)CC2. The quantitative estimate of drug-likeness (QED) is 0.912. The van der Waals surface area contributed by atoms with Crippen molar-refractivity contribution in [1.82, 2.24) is 15.3 Å². The van der Waals surface area contributed by atoms with Gasteiger partial charge in [-0.05, 0) is 30.9 Å². The van der Waals surface area contributed by atoms with Gasteiger partial charge in [-0.2, -0.15) is 0 Å². The van der Waals surface area contributed by atoms with E-state index >= 15 is 0 Å². The number of Topliss-reactive ketones (excluding diaryl/α,β-unsaturated/α-hetero) is 1. The highest BCUT2D eigenvalue weighted by Gasteiger charge is 2.47. The molecule has 1 aromatic heterocycles. The Morgan fingerprint density at radius 3 is 2.64 bits per heavy atom. The molecule has 1 aliphatic carbocycles. The van der Waals surface area contributed by atoms with Gasteiger partial charge in [-0.25, -0.2) is 9.97 Å². The minimum Gasteiger partial charge on any atom is -0.341 e. The molecule has 0 radical (unpaired) electrons. The van der Waals surface area contributed by atoms with Gasteiger partial charge in [0.05, 0.1) is 5.69 Å². The van der Waals surface area contributed by atoms with Crippen LogP contribution in [0, 0.1) is 5.41 Å². The van der Waals surface area contributed by atoms with Crippen molar-refractivity contribution in [2.75, 3.05) is 31.1 Å². The van der Waals surface area contributed by atoms with Crippen LogP contribution in [0.1, 0.15) is 40.4 Å². The zero-order chi connectivity index (χ0) is 16.9. The molecule has 1 N–H and O–H groups in total. The predicted octanol–water partition coefficient (Wildman–Crippen LogP) is 2.19.